The van der Waals surface area contributed by atoms with Crippen LogP contribution in [0.25, 0.3) is 0 Å². The predicted molar refractivity (Wildman–Crippen MR) is 89.3 cm³/mol. The van der Waals surface area contributed by atoms with Crippen LogP contribution in [-0.2, 0) is 10.2 Å². The van der Waals surface area contributed by atoms with E-state index in [1.165, 1.54) is 6.07 Å². The largest absolute Gasteiger partial charge is 0.323 e. The molecule has 114 valence electrons. The van der Waals surface area contributed by atoms with Crippen LogP contribution < -0.4 is 5.32 Å². The third kappa shape index (κ3) is 2.80. The number of halogens is 2. The number of carbonyl (C=O) groups excluding carboxylic acids is 1. The minimum atomic E-state index is -0.541. The van der Waals surface area contributed by atoms with Crippen LogP contribution in [-0.4, -0.2) is 5.91 Å². The first-order valence-corrected chi connectivity index (χ1v) is 8.23. The van der Waals surface area contributed by atoms with Crippen molar-refractivity contribution in [2.75, 3.05) is 5.32 Å². The molecule has 1 N–H and O–H groups in total. The van der Waals surface area contributed by atoms with E-state index in [-0.39, 0.29) is 11.6 Å². The predicted octanol–water partition coefficient (Wildman–Crippen LogP) is 5.04. The van der Waals surface area contributed by atoms with Crippen molar-refractivity contribution < 1.29 is 9.18 Å². The van der Waals surface area contributed by atoms with Crippen LogP contribution in [0.2, 0.25) is 0 Å². The molecule has 0 heterocycles. The van der Waals surface area contributed by atoms with E-state index < -0.39 is 11.2 Å². The first kappa shape index (κ1) is 15.2. The molecule has 0 bridgehead atoms. The van der Waals surface area contributed by atoms with Gasteiger partial charge in [-0.1, -0.05) is 59.1 Å². The van der Waals surface area contributed by atoms with Gasteiger partial charge in [0.2, 0.25) is 5.91 Å². The van der Waals surface area contributed by atoms with Crippen molar-refractivity contribution in [3.63, 3.8) is 0 Å². The molecule has 0 aromatic heterocycles. The highest BCUT2D eigenvalue weighted by molar-refractivity contribution is 9.10. The molecule has 3 rings (SSSR count). The monoisotopic (exact) mass is 361 g/mol. The molecule has 2 aromatic carbocycles. The molecule has 1 aliphatic carbocycles. The van der Waals surface area contributed by atoms with Gasteiger partial charge in [0.1, 0.15) is 5.82 Å². The van der Waals surface area contributed by atoms with E-state index in [1.807, 2.05) is 30.3 Å². The summed E-state index contributed by atoms with van der Waals surface area (Å²) in [6, 6.07) is 14.5. The number of hydrogen-bond donors (Lipinski definition) is 1. The Morgan fingerprint density at radius 2 is 1.77 bits per heavy atom. The van der Waals surface area contributed by atoms with Crippen LogP contribution in [0.3, 0.4) is 0 Å². The van der Waals surface area contributed by atoms with Gasteiger partial charge in [-0.05, 0) is 36.6 Å². The lowest BCUT2D eigenvalue weighted by atomic mass is 9.78. The first-order chi connectivity index (χ1) is 10.6. The van der Waals surface area contributed by atoms with Crippen molar-refractivity contribution in [2.24, 2.45) is 0 Å². The van der Waals surface area contributed by atoms with Gasteiger partial charge in [0.05, 0.1) is 11.1 Å². The third-order valence-electron chi connectivity index (χ3n) is 4.40. The summed E-state index contributed by atoms with van der Waals surface area (Å²) in [5.41, 5.74) is 0.707. The fourth-order valence-electron chi connectivity index (χ4n) is 3.22. The van der Waals surface area contributed by atoms with Crippen LogP contribution in [0.15, 0.2) is 53.0 Å². The zero-order chi connectivity index (χ0) is 15.6. The molecular weight excluding hydrogens is 345 g/mol. The number of benzene rings is 2. The SMILES string of the molecule is O=C(Nc1ccc(Br)cc1F)C1(c2ccccc2)CCCC1. The second kappa shape index (κ2) is 6.21. The third-order valence-corrected chi connectivity index (χ3v) is 4.89. The fourth-order valence-corrected chi connectivity index (χ4v) is 3.55. The summed E-state index contributed by atoms with van der Waals surface area (Å²) in [4.78, 5) is 12.9. The van der Waals surface area contributed by atoms with E-state index in [0.717, 1.165) is 31.2 Å². The lowest BCUT2D eigenvalue weighted by molar-refractivity contribution is -0.121. The summed E-state index contributed by atoms with van der Waals surface area (Å²) in [5, 5.41) is 2.78. The zero-order valence-electron chi connectivity index (χ0n) is 12.1. The topological polar surface area (TPSA) is 29.1 Å². The van der Waals surface area contributed by atoms with Crippen molar-refractivity contribution >= 4 is 27.5 Å². The molecular formula is C18H17BrFNO. The van der Waals surface area contributed by atoms with E-state index in [0.29, 0.717) is 4.47 Å². The Hall–Kier alpha value is -1.68. The molecule has 2 aromatic rings. The minimum Gasteiger partial charge on any atom is -0.323 e. The van der Waals surface area contributed by atoms with Crippen LogP contribution >= 0.6 is 15.9 Å². The molecule has 0 saturated heterocycles. The van der Waals surface area contributed by atoms with Crippen molar-refractivity contribution in [3.8, 4) is 0 Å². The Kier molecular flexibility index (Phi) is 4.30. The minimum absolute atomic E-state index is 0.113. The van der Waals surface area contributed by atoms with E-state index in [4.69, 9.17) is 0 Å². The molecule has 2 nitrogen and oxygen atoms in total. The summed E-state index contributed by atoms with van der Waals surface area (Å²) in [6.45, 7) is 0. The van der Waals surface area contributed by atoms with Gasteiger partial charge in [-0.3, -0.25) is 4.79 Å². The maximum Gasteiger partial charge on any atom is 0.235 e. The number of anilines is 1. The Morgan fingerprint density at radius 3 is 2.41 bits per heavy atom. The molecule has 1 fully saturated rings. The fraction of sp³-hybridized carbons (Fsp3) is 0.278. The van der Waals surface area contributed by atoms with E-state index in [9.17, 15) is 9.18 Å². The van der Waals surface area contributed by atoms with Gasteiger partial charge in [0, 0.05) is 4.47 Å². The highest BCUT2D eigenvalue weighted by Crippen LogP contribution is 2.42. The number of amides is 1. The van der Waals surface area contributed by atoms with Crippen molar-refractivity contribution in [1.82, 2.24) is 0 Å². The molecule has 4 heteroatoms. The highest BCUT2D eigenvalue weighted by atomic mass is 79.9. The molecule has 0 spiro atoms. The van der Waals surface area contributed by atoms with Gasteiger partial charge in [0.25, 0.3) is 0 Å². The van der Waals surface area contributed by atoms with Crippen LogP contribution in [0.5, 0.6) is 0 Å². The average molecular weight is 362 g/mol. The first-order valence-electron chi connectivity index (χ1n) is 7.44. The maximum atomic E-state index is 14.0. The molecule has 0 unspecified atom stereocenters. The number of rotatable bonds is 3. The zero-order valence-corrected chi connectivity index (χ0v) is 13.7. The summed E-state index contributed by atoms with van der Waals surface area (Å²) in [7, 11) is 0. The Bertz CT molecular complexity index is 681. The van der Waals surface area contributed by atoms with Gasteiger partial charge >= 0.3 is 0 Å². The van der Waals surface area contributed by atoms with E-state index in [2.05, 4.69) is 21.2 Å². The second-order valence-corrected chi connectivity index (χ2v) is 6.65. The Labute approximate surface area is 137 Å². The highest BCUT2D eigenvalue weighted by Gasteiger charge is 2.42. The molecule has 22 heavy (non-hydrogen) atoms. The van der Waals surface area contributed by atoms with Crippen molar-refractivity contribution in [3.05, 3.63) is 64.4 Å². The lowest BCUT2D eigenvalue weighted by Crippen LogP contribution is -2.38. The van der Waals surface area contributed by atoms with Crippen LogP contribution in [0.4, 0.5) is 10.1 Å². The second-order valence-electron chi connectivity index (χ2n) is 5.73. The number of hydrogen-bond acceptors (Lipinski definition) is 1. The van der Waals surface area contributed by atoms with Crippen molar-refractivity contribution in [2.45, 2.75) is 31.1 Å². The summed E-state index contributed by atoms with van der Waals surface area (Å²) < 4.78 is 14.6. The molecule has 0 aliphatic heterocycles. The standard InChI is InChI=1S/C18H17BrFNO/c19-14-8-9-16(15(20)12-14)21-17(22)18(10-4-5-11-18)13-6-2-1-3-7-13/h1-3,6-9,12H,4-5,10-11H2,(H,21,22). The number of carbonyl (C=O) groups is 1. The van der Waals surface area contributed by atoms with E-state index >= 15 is 0 Å². The van der Waals surface area contributed by atoms with Gasteiger partial charge in [-0.15, -0.1) is 0 Å². The van der Waals surface area contributed by atoms with Crippen LogP contribution in [0, 0.1) is 5.82 Å². The Balaban J connectivity index is 1.91. The van der Waals surface area contributed by atoms with Crippen LogP contribution in [0.1, 0.15) is 31.2 Å². The molecule has 1 amide bonds. The Morgan fingerprint density at radius 1 is 1.09 bits per heavy atom. The summed E-state index contributed by atoms with van der Waals surface area (Å²) >= 11 is 3.22. The van der Waals surface area contributed by atoms with Crippen molar-refractivity contribution in [1.29, 1.82) is 0 Å². The molecule has 0 atom stereocenters. The summed E-state index contributed by atoms with van der Waals surface area (Å²) in [5.74, 6) is -0.540. The summed E-state index contributed by atoms with van der Waals surface area (Å²) in [6.07, 6.45) is 3.65. The van der Waals surface area contributed by atoms with Gasteiger partial charge in [-0.25, -0.2) is 4.39 Å². The smallest absolute Gasteiger partial charge is 0.235 e. The maximum absolute atomic E-state index is 14.0. The van der Waals surface area contributed by atoms with Gasteiger partial charge in [-0.2, -0.15) is 0 Å². The lowest BCUT2D eigenvalue weighted by Gasteiger charge is -2.28. The van der Waals surface area contributed by atoms with E-state index in [1.54, 1.807) is 12.1 Å². The molecule has 1 aliphatic rings. The van der Waals surface area contributed by atoms with Gasteiger partial charge in [0.15, 0.2) is 0 Å². The number of nitrogens with one attached hydrogen (secondary N) is 1. The molecule has 0 radical (unpaired) electrons. The average Bonchev–Trinajstić information content (AvgIpc) is 3.02. The quantitative estimate of drug-likeness (QED) is 0.815. The normalized spacial score (nSPS) is 16.5. The van der Waals surface area contributed by atoms with Gasteiger partial charge < -0.3 is 5.32 Å². The molecule has 1 saturated carbocycles.